The van der Waals surface area contributed by atoms with Crippen LogP contribution in [0.2, 0.25) is 0 Å². The average molecular weight is 409 g/mol. The molecule has 0 fully saturated rings. The molecule has 0 unspecified atom stereocenters. The van der Waals surface area contributed by atoms with Crippen LogP contribution in [-0.2, 0) is 22.5 Å². The summed E-state index contributed by atoms with van der Waals surface area (Å²) in [4.78, 5) is 38.4. The Morgan fingerprint density at radius 1 is 1.13 bits per heavy atom. The van der Waals surface area contributed by atoms with E-state index in [2.05, 4.69) is 10.6 Å². The van der Waals surface area contributed by atoms with E-state index >= 15 is 0 Å². The zero-order chi connectivity index (χ0) is 21.7. The third kappa shape index (κ3) is 4.97. The van der Waals surface area contributed by atoms with E-state index in [1.165, 1.54) is 0 Å². The molecule has 30 heavy (non-hydrogen) atoms. The van der Waals surface area contributed by atoms with Crippen LogP contribution in [0.3, 0.4) is 0 Å². The Kier molecular flexibility index (Phi) is 6.72. The monoisotopic (exact) mass is 409 g/mol. The van der Waals surface area contributed by atoms with E-state index in [0.717, 1.165) is 28.8 Å². The predicted octanol–water partition coefficient (Wildman–Crippen LogP) is 2.95. The van der Waals surface area contributed by atoms with Gasteiger partial charge in [-0.05, 0) is 56.5 Å². The summed E-state index contributed by atoms with van der Waals surface area (Å²) in [6, 6.07) is 12.2. The number of ether oxygens (including phenoxy) is 1. The summed E-state index contributed by atoms with van der Waals surface area (Å²) in [7, 11) is 0. The third-order valence-corrected chi connectivity index (χ3v) is 5.03. The molecule has 1 aliphatic rings. The van der Waals surface area contributed by atoms with Gasteiger partial charge in [-0.25, -0.2) is 9.59 Å². The van der Waals surface area contributed by atoms with Crippen LogP contribution in [0.1, 0.15) is 40.9 Å². The zero-order valence-corrected chi connectivity index (χ0v) is 17.5. The van der Waals surface area contributed by atoms with Crippen LogP contribution in [0.4, 0.5) is 10.5 Å². The van der Waals surface area contributed by atoms with Gasteiger partial charge in [0.05, 0.1) is 6.61 Å². The van der Waals surface area contributed by atoms with Crippen molar-refractivity contribution in [3.63, 3.8) is 0 Å². The number of hydrogen-bond donors (Lipinski definition) is 2. The molecule has 2 aromatic rings. The van der Waals surface area contributed by atoms with Crippen LogP contribution in [0.15, 0.2) is 42.5 Å². The average Bonchev–Trinajstić information content (AvgIpc) is 3.15. The fraction of sp³-hybridized carbons (Fsp3) is 0.348. The van der Waals surface area contributed by atoms with Crippen molar-refractivity contribution in [3.8, 4) is 0 Å². The second-order valence-electron chi connectivity index (χ2n) is 7.34. The molecule has 0 radical (unpaired) electrons. The predicted molar refractivity (Wildman–Crippen MR) is 114 cm³/mol. The van der Waals surface area contributed by atoms with Crippen molar-refractivity contribution in [1.29, 1.82) is 0 Å². The van der Waals surface area contributed by atoms with Gasteiger partial charge in [0.1, 0.15) is 6.04 Å². The lowest BCUT2D eigenvalue weighted by molar-refractivity contribution is -0.144. The fourth-order valence-corrected chi connectivity index (χ4v) is 3.35. The van der Waals surface area contributed by atoms with Crippen LogP contribution in [0.25, 0.3) is 0 Å². The van der Waals surface area contributed by atoms with Gasteiger partial charge in [-0.1, -0.05) is 29.8 Å². The number of hydrogen-bond acceptors (Lipinski definition) is 4. The van der Waals surface area contributed by atoms with Crippen LogP contribution < -0.4 is 15.5 Å². The molecule has 158 valence electrons. The summed E-state index contributed by atoms with van der Waals surface area (Å²) in [5.41, 5.74) is 4.62. The third-order valence-electron chi connectivity index (χ3n) is 5.03. The molecule has 7 nitrogen and oxygen atoms in total. The molecule has 0 aliphatic carbocycles. The van der Waals surface area contributed by atoms with Crippen molar-refractivity contribution in [2.45, 2.75) is 39.8 Å². The fourth-order valence-electron chi connectivity index (χ4n) is 3.35. The first-order valence-corrected chi connectivity index (χ1v) is 10.1. The number of esters is 1. The first-order valence-electron chi connectivity index (χ1n) is 10.1. The maximum Gasteiger partial charge on any atom is 0.328 e. The number of urea groups is 1. The summed E-state index contributed by atoms with van der Waals surface area (Å²) in [5, 5.41) is 5.29. The second-order valence-corrected chi connectivity index (χ2v) is 7.34. The number of amides is 3. The number of rotatable bonds is 6. The van der Waals surface area contributed by atoms with Crippen molar-refractivity contribution >= 4 is 23.6 Å². The first-order chi connectivity index (χ1) is 14.4. The lowest BCUT2D eigenvalue weighted by atomic mass is 10.1. The number of carbonyl (C=O) groups is 3. The lowest BCUT2D eigenvalue weighted by Crippen LogP contribution is -2.44. The normalized spacial score (nSPS) is 13.4. The summed E-state index contributed by atoms with van der Waals surface area (Å²) in [6.07, 6.45) is 0.804. The van der Waals surface area contributed by atoms with Gasteiger partial charge in [-0.3, -0.25) is 4.79 Å². The molecule has 0 aromatic heterocycles. The topological polar surface area (TPSA) is 87.7 Å². The van der Waals surface area contributed by atoms with Gasteiger partial charge in [0.15, 0.2) is 0 Å². The van der Waals surface area contributed by atoms with Crippen LogP contribution >= 0.6 is 0 Å². The van der Waals surface area contributed by atoms with Gasteiger partial charge in [0.25, 0.3) is 5.91 Å². The zero-order valence-electron chi connectivity index (χ0n) is 17.5. The summed E-state index contributed by atoms with van der Waals surface area (Å²) in [5.74, 6) is -0.504. The standard InChI is InChI=1S/C23H27N3O4/c1-4-30-22(28)16(3)25-23(29)24-14-17-7-10-18-11-12-26(20(18)13-17)21(27)19-8-5-15(2)6-9-19/h5-10,13,16H,4,11-12,14H2,1-3H3,(H2,24,25,29)/t16-/m1/s1. The Hall–Kier alpha value is -3.35. The first kappa shape index (κ1) is 21.4. The van der Waals surface area contributed by atoms with Crippen LogP contribution in [0, 0.1) is 6.92 Å². The summed E-state index contributed by atoms with van der Waals surface area (Å²) >= 11 is 0. The molecule has 1 atom stereocenters. The van der Waals surface area contributed by atoms with Crippen molar-refractivity contribution < 1.29 is 19.1 Å². The minimum absolute atomic E-state index is 0.0279. The molecule has 1 heterocycles. The van der Waals surface area contributed by atoms with Gasteiger partial charge < -0.3 is 20.3 Å². The van der Waals surface area contributed by atoms with E-state index in [9.17, 15) is 14.4 Å². The van der Waals surface area contributed by atoms with Crippen molar-refractivity contribution in [2.24, 2.45) is 0 Å². The highest BCUT2D eigenvalue weighted by Crippen LogP contribution is 2.30. The Morgan fingerprint density at radius 3 is 2.57 bits per heavy atom. The van der Waals surface area contributed by atoms with E-state index in [1.807, 2.05) is 49.4 Å². The number of fused-ring (bicyclic) bond motifs is 1. The molecule has 2 N–H and O–H groups in total. The van der Waals surface area contributed by atoms with E-state index in [4.69, 9.17) is 4.74 Å². The Bertz CT molecular complexity index is 940. The maximum atomic E-state index is 12.9. The molecule has 1 aliphatic heterocycles. The smallest absolute Gasteiger partial charge is 0.328 e. The van der Waals surface area contributed by atoms with Gasteiger partial charge in [-0.15, -0.1) is 0 Å². The molecule has 2 aromatic carbocycles. The van der Waals surface area contributed by atoms with Gasteiger partial charge in [0.2, 0.25) is 0 Å². The molecule has 3 amide bonds. The second kappa shape index (κ2) is 9.43. The number of benzene rings is 2. The minimum Gasteiger partial charge on any atom is -0.464 e. The highest BCUT2D eigenvalue weighted by Gasteiger charge is 2.26. The van der Waals surface area contributed by atoms with Crippen molar-refractivity contribution in [2.75, 3.05) is 18.1 Å². The number of anilines is 1. The molecule has 0 saturated heterocycles. The lowest BCUT2D eigenvalue weighted by Gasteiger charge is -2.18. The highest BCUT2D eigenvalue weighted by atomic mass is 16.5. The molecule has 0 bridgehead atoms. The molecule has 0 saturated carbocycles. The quantitative estimate of drug-likeness (QED) is 0.718. The Labute approximate surface area is 176 Å². The van der Waals surface area contributed by atoms with Gasteiger partial charge >= 0.3 is 12.0 Å². The Morgan fingerprint density at radius 2 is 1.87 bits per heavy atom. The molecule has 3 rings (SSSR count). The number of carbonyl (C=O) groups excluding carboxylic acids is 3. The Balaban J connectivity index is 1.63. The molecule has 0 spiro atoms. The van der Waals surface area contributed by atoms with Crippen molar-refractivity contribution in [1.82, 2.24) is 10.6 Å². The van der Waals surface area contributed by atoms with Crippen LogP contribution in [0.5, 0.6) is 0 Å². The highest BCUT2D eigenvalue weighted by molar-refractivity contribution is 6.07. The van der Waals surface area contributed by atoms with Crippen molar-refractivity contribution in [3.05, 3.63) is 64.7 Å². The summed E-state index contributed by atoms with van der Waals surface area (Å²) in [6.45, 7) is 6.45. The minimum atomic E-state index is -0.729. The van der Waals surface area contributed by atoms with E-state index in [-0.39, 0.29) is 19.1 Å². The molecular formula is C23H27N3O4. The largest absolute Gasteiger partial charge is 0.464 e. The maximum absolute atomic E-state index is 12.9. The van der Waals surface area contributed by atoms with E-state index in [1.54, 1.807) is 18.7 Å². The SMILES string of the molecule is CCOC(=O)[C@@H](C)NC(=O)NCc1ccc2c(c1)N(C(=O)c1ccc(C)cc1)CC2. The number of aryl methyl sites for hydroxylation is 1. The van der Waals surface area contributed by atoms with Gasteiger partial charge in [0, 0.05) is 24.3 Å². The number of nitrogens with one attached hydrogen (secondary N) is 2. The van der Waals surface area contributed by atoms with E-state index < -0.39 is 18.0 Å². The molecule has 7 heteroatoms. The van der Waals surface area contributed by atoms with Crippen LogP contribution in [-0.4, -0.2) is 37.1 Å². The van der Waals surface area contributed by atoms with E-state index in [0.29, 0.717) is 12.1 Å². The summed E-state index contributed by atoms with van der Waals surface area (Å²) < 4.78 is 4.88. The number of nitrogens with zero attached hydrogens (tertiary/aromatic N) is 1. The van der Waals surface area contributed by atoms with Gasteiger partial charge in [-0.2, -0.15) is 0 Å². The molecular weight excluding hydrogens is 382 g/mol.